The Morgan fingerprint density at radius 2 is 1.79 bits per heavy atom. The van der Waals surface area contributed by atoms with Crippen LogP contribution in [0.3, 0.4) is 0 Å². The van der Waals surface area contributed by atoms with E-state index in [1.54, 1.807) is 16.7 Å². The van der Waals surface area contributed by atoms with Crippen molar-refractivity contribution in [2.75, 3.05) is 45.7 Å². The third-order valence-electron chi connectivity index (χ3n) is 5.70. The number of aromatic nitrogens is 5. The van der Waals surface area contributed by atoms with Gasteiger partial charge in [0.15, 0.2) is 5.65 Å². The Labute approximate surface area is 204 Å². The number of rotatable bonds is 12. The zero-order valence-electron chi connectivity index (χ0n) is 20.4. The van der Waals surface area contributed by atoms with E-state index in [0.717, 1.165) is 39.0 Å². The number of pyridine rings is 2. The molecule has 0 fully saturated rings. The standard InChI is InChI=1S/C23H32ClN7O3/c1-6-30(7-2)12-10-9-11-25-23-27-20-17(28-29-23)13-16(22(32)31(20)8-3)15-14-18(33-4)26-21(34-5)19(15)24/h13-14H,6-12H2,1-5H3,(H,25,27,29). The van der Waals surface area contributed by atoms with Crippen LogP contribution in [0.2, 0.25) is 5.02 Å². The predicted molar refractivity (Wildman–Crippen MR) is 134 cm³/mol. The third kappa shape index (κ3) is 5.56. The molecule has 1 N–H and O–H groups in total. The Kier molecular flexibility index (Phi) is 9.00. The highest BCUT2D eigenvalue weighted by Crippen LogP contribution is 2.36. The van der Waals surface area contributed by atoms with Gasteiger partial charge < -0.3 is 19.7 Å². The molecule has 0 bridgehead atoms. The van der Waals surface area contributed by atoms with Gasteiger partial charge in [0.05, 0.1) is 19.8 Å². The van der Waals surface area contributed by atoms with E-state index in [1.165, 1.54) is 14.2 Å². The van der Waals surface area contributed by atoms with Crippen LogP contribution in [0, 0.1) is 0 Å². The van der Waals surface area contributed by atoms with Crippen molar-refractivity contribution in [1.29, 1.82) is 0 Å². The number of nitrogens with one attached hydrogen (secondary N) is 1. The average molecular weight is 490 g/mol. The van der Waals surface area contributed by atoms with Crippen molar-refractivity contribution in [3.05, 3.63) is 27.5 Å². The van der Waals surface area contributed by atoms with Crippen LogP contribution in [0.5, 0.6) is 11.8 Å². The molecule has 0 spiro atoms. The quantitative estimate of drug-likeness (QED) is 0.382. The molecule has 0 aromatic carbocycles. The van der Waals surface area contributed by atoms with Crippen LogP contribution in [0.4, 0.5) is 5.95 Å². The first-order valence-corrected chi connectivity index (χ1v) is 11.9. The first kappa shape index (κ1) is 25.6. The maximum absolute atomic E-state index is 13.4. The summed E-state index contributed by atoms with van der Waals surface area (Å²) in [5, 5.41) is 12.0. The Morgan fingerprint density at radius 3 is 2.44 bits per heavy atom. The molecule has 0 saturated carbocycles. The highest BCUT2D eigenvalue weighted by atomic mass is 35.5. The average Bonchev–Trinajstić information content (AvgIpc) is 2.86. The van der Waals surface area contributed by atoms with E-state index in [4.69, 9.17) is 21.1 Å². The van der Waals surface area contributed by atoms with Crippen molar-refractivity contribution in [3.63, 3.8) is 0 Å². The van der Waals surface area contributed by atoms with Gasteiger partial charge in [0.2, 0.25) is 17.7 Å². The van der Waals surface area contributed by atoms with Crippen LogP contribution in [-0.2, 0) is 6.54 Å². The molecular weight excluding hydrogens is 458 g/mol. The molecule has 0 aliphatic heterocycles. The molecule has 0 unspecified atom stereocenters. The second-order valence-electron chi connectivity index (χ2n) is 7.65. The van der Waals surface area contributed by atoms with Gasteiger partial charge in [-0.2, -0.15) is 9.97 Å². The smallest absolute Gasteiger partial charge is 0.260 e. The topological polar surface area (TPSA) is 107 Å². The van der Waals surface area contributed by atoms with Crippen molar-refractivity contribution in [3.8, 4) is 22.9 Å². The summed E-state index contributed by atoms with van der Waals surface area (Å²) < 4.78 is 12.0. The van der Waals surface area contributed by atoms with Gasteiger partial charge in [-0.3, -0.25) is 9.36 Å². The Bertz CT molecular complexity index is 1180. The van der Waals surface area contributed by atoms with Crippen LogP contribution in [0.25, 0.3) is 22.3 Å². The lowest BCUT2D eigenvalue weighted by Crippen LogP contribution is -2.24. The second kappa shape index (κ2) is 11.9. The summed E-state index contributed by atoms with van der Waals surface area (Å²) in [5.41, 5.74) is 1.47. The maximum atomic E-state index is 13.4. The molecule has 184 valence electrons. The van der Waals surface area contributed by atoms with Crippen molar-refractivity contribution < 1.29 is 9.47 Å². The summed E-state index contributed by atoms with van der Waals surface area (Å²) in [6.07, 6.45) is 2.07. The summed E-state index contributed by atoms with van der Waals surface area (Å²) in [6.45, 7) is 10.5. The van der Waals surface area contributed by atoms with Crippen molar-refractivity contribution in [2.24, 2.45) is 0 Å². The van der Waals surface area contributed by atoms with Crippen LogP contribution in [0.1, 0.15) is 33.6 Å². The van der Waals surface area contributed by atoms with Gasteiger partial charge in [0.25, 0.3) is 5.56 Å². The van der Waals surface area contributed by atoms with E-state index in [-0.39, 0.29) is 22.3 Å². The van der Waals surface area contributed by atoms with Crippen molar-refractivity contribution in [2.45, 2.75) is 40.2 Å². The highest BCUT2D eigenvalue weighted by molar-refractivity contribution is 6.34. The molecule has 0 saturated heterocycles. The number of aryl methyl sites for hydroxylation is 1. The van der Waals surface area contributed by atoms with Gasteiger partial charge in [0, 0.05) is 24.7 Å². The van der Waals surface area contributed by atoms with E-state index in [2.05, 4.69) is 44.2 Å². The number of anilines is 1. The summed E-state index contributed by atoms with van der Waals surface area (Å²) in [5.74, 6) is 0.849. The minimum atomic E-state index is -0.252. The molecule has 3 rings (SSSR count). The van der Waals surface area contributed by atoms with E-state index >= 15 is 0 Å². The monoisotopic (exact) mass is 489 g/mol. The second-order valence-corrected chi connectivity index (χ2v) is 8.03. The summed E-state index contributed by atoms with van der Waals surface area (Å²) in [7, 11) is 2.94. The number of hydrogen-bond donors (Lipinski definition) is 1. The first-order valence-electron chi connectivity index (χ1n) is 11.5. The molecule has 34 heavy (non-hydrogen) atoms. The lowest BCUT2D eigenvalue weighted by molar-refractivity contribution is 0.298. The van der Waals surface area contributed by atoms with E-state index < -0.39 is 0 Å². The molecular formula is C23H32ClN7O3. The number of halogens is 1. The number of unbranched alkanes of at least 4 members (excludes halogenated alkanes) is 1. The summed E-state index contributed by atoms with van der Waals surface area (Å²) >= 11 is 6.48. The van der Waals surface area contributed by atoms with E-state index in [1.807, 2.05) is 6.92 Å². The molecule has 0 aliphatic carbocycles. The Morgan fingerprint density at radius 1 is 1.03 bits per heavy atom. The van der Waals surface area contributed by atoms with Crippen LogP contribution >= 0.6 is 11.6 Å². The molecule has 3 heterocycles. The van der Waals surface area contributed by atoms with Gasteiger partial charge in [-0.15, -0.1) is 10.2 Å². The minimum absolute atomic E-state index is 0.170. The fourth-order valence-electron chi connectivity index (χ4n) is 3.74. The fourth-order valence-corrected chi connectivity index (χ4v) is 4.01. The predicted octanol–water partition coefficient (Wildman–Crippen LogP) is 3.47. The SMILES string of the molecule is CCN(CC)CCCCNc1nnc2cc(-c3cc(OC)nc(OC)c3Cl)c(=O)n(CC)c2n1. The third-order valence-corrected chi connectivity index (χ3v) is 6.06. The molecule has 3 aromatic rings. The summed E-state index contributed by atoms with van der Waals surface area (Å²) in [6, 6.07) is 3.24. The van der Waals surface area contributed by atoms with Gasteiger partial charge in [-0.05, 0) is 45.5 Å². The molecule has 0 aliphatic rings. The molecule has 0 radical (unpaired) electrons. The number of ether oxygens (including phenoxy) is 2. The highest BCUT2D eigenvalue weighted by Gasteiger charge is 2.20. The fraction of sp³-hybridized carbons (Fsp3) is 0.522. The lowest BCUT2D eigenvalue weighted by Gasteiger charge is -2.17. The summed E-state index contributed by atoms with van der Waals surface area (Å²) in [4.78, 5) is 24.5. The zero-order chi connectivity index (χ0) is 24.7. The minimum Gasteiger partial charge on any atom is -0.481 e. The number of hydrogen-bond acceptors (Lipinski definition) is 9. The number of fused-ring (bicyclic) bond motifs is 1. The van der Waals surface area contributed by atoms with Crippen LogP contribution in [-0.4, -0.2) is 70.0 Å². The number of nitrogens with zero attached hydrogens (tertiary/aromatic N) is 6. The Hall–Kier alpha value is -2.98. The molecule has 3 aromatic heterocycles. The molecule has 0 amide bonds. The van der Waals surface area contributed by atoms with Crippen molar-refractivity contribution in [1.82, 2.24) is 29.6 Å². The first-order chi connectivity index (χ1) is 16.5. The van der Waals surface area contributed by atoms with Gasteiger partial charge in [-0.1, -0.05) is 25.4 Å². The van der Waals surface area contributed by atoms with Gasteiger partial charge >= 0.3 is 0 Å². The van der Waals surface area contributed by atoms with Gasteiger partial charge in [0.1, 0.15) is 10.5 Å². The maximum Gasteiger partial charge on any atom is 0.260 e. The number of methoxy groups -OCH3 is 2. The van der Waals surface area contributed by atoms with Crippen LogP contribution < -0.4 is 20.3 Å². The molecule has 11 heteroatoms. The van der Waals surface area contributed by atoms with Crippen molar-refractivity contribution >= 4 is 28.7 Å². The normalized spacial score (nSPS) is 11.3. The van der Waals surface area contributed by atoms with E-state index in [9.17, 15) is 4.79 Å². The zero-order valence-corrected chi connectivity index (χ0v) is 21.1. The van der Waals surface area contributed by atoms with Gasteiger partial charge in [-0.25, -0.2) is 0 Å². The lowest BCUT2D eigenvalue weighted by atomic mass is 10.1. The molecule has 10 nitrogen and oxygen atoms in total. The largest absolute Gasteiger partial charge is 0.481 e. The Balaban J connectivity index is 1.90. The van der Waals surface area contributed by atoms with Crippen LogP contribution in [0.15, 0.2) is 16.9 Å². The van der Waals surface area contributed by atoms with E-state index in [0.29, 0.717) is 34.8 Å². The molecule has 0 atom stereocenters.